The molecule has 0 aliphatic carbocycles. The molecule has 0 aromatic heterocycles. The van der Waals surface area contributed by atoms with Gasteiger partial charge < -0.3 is 14.6 Å². The van der Waals surface area contributed by atoms with Gasteiger partial charge >= 0.3 is 0 Å². The van der Waals surface area contributed by atoms with Crippen LogP contribution in [0.4, 0.5) is 0 Å². The zero-order valence-corrected chi connectivity index (χ0v) is 14.1. The number of benzene rings is 2. The van der Waals surface area contributed by atoms with E-state index in [-0.39, 0.29) is 22.5 Å². The van der Waals surface area contributed by atoms with Crippen LogP contribution in [0.5, 0.6) is 17.2 Å². The zero-order valence-electron chi connectivity index (χ0n) is 14.1. The van der Waals surface area contributed by atoms with E-state index in [1.54, 1.807) is 30.3 Å². The Morgan fingerprint density at radius 1 is 1.00 bits per heavy atom. The average Bonchev–Trinajstić information content (AvgIpc) is 2.52. The van der Waals surface area contributed by atoms with Crippen LogP contribution in [0.2, 0.25) is 0 Å². The van der Waals surface area contributed by atoms with Gasteiger partial charge in [-0.3, -0.25) is 4.79 Å². The Kier molecular flexibility index (Phi) is 4.64. The van der Waals surface area contributed by atoms with Gasteiger partial charge in [0.2, 0.25) is 0 Å². The first-order chi connectivity index (χ1) is 10.8. The Hall–Kier alpha value is -2.49. The summed E-state index contributed by atoms with van der Waals surface area (Å²) < 4.78 is 10.4. The van der Waals surface area contributed by atoms with Gasteiger partial charge in [-0.15, -0.1) is 0 Å². The summed E-state index contributed by atoms with van der Waals surface area (Å²) in [7, 11) is 3.06. The highest BCUT2D eigenvalue weighted by Crippen LogP contribution is 2.34. The van der Waals surface area contributed by atoms with Gasteiger partial charge in [-0.25, -0.2) is 0 Å². The monoisotopic (exact) mass is 314 g/mol. The number of carbonyl (C=O) groups is 1. The minimum Gasteiger partial charge on any atom is -0.507 e. The number of carbonyl (C=O) groups excluding carboxylic acids is 1. The molecule has 1 N–H and O–H groups in total. The second kappa shape index (κ2) is 6.32. The fourth-order valence-electron chi connectivity index (χ4n) is 2.43. The normalized spacial score (nSPS) is 11.2. The van der Waals surface area contributed by atoms with Gasteiger partial charge in [-0.1, -0.05) is 32.9 Å². The summed E-state index contributed by atoms with van der Waals surface area (Å²) in [5.74, 6) is 0.802. The number of rotatable bonds is 4. The van der Waals surface area contributed by atoms with Gasteiger partial charge in [0, 0.05) is 11.6 Å². The number of phenolic OH excluding ortho intramolecular Hbond substituents is 1. The van der Waals surface area contributed by atoms with Crippen LogP contribution in [0, 0.1) is 0 Å². The number of hydrogen-bond donors (Lipinski definition) is 1. The van der Waals surface area contributed by atoms with E-state index in [0.717, 1.165) is 5.56 Å². The number of ketones is 1. The highest BCUT2D eigenvalue weighted by atomic mass is 16.5. The van der Waals surface area contributed by atoms with Crippen LogP contribution < -0.4 is 9.47 Å². The lowest BCUT2D eigenvalue weighted by molar-refractivity contribution is 0.103. The van der Waals surface area contributed by atoms with Crippen LogP contribution in [0.25, 0.3) is 0 Å². The molecule has 0 saturated carbocycles. The molecule has 122 valence electrons. The molecule has 0 unspecified atom stereocenters. The smallest absolute Gasteiger partial charge is 0.197 e. The van der Waals surface area contributed by atoms with E-state index >= 15 is 0 Å². The van der Waals surface area contributed by atoms with Crippen LogP contribution in [0.15, 0.2) is 36.4 Å². The Balaban J connectivity index is 2.54. The molecular formula is C19H22O4. The van der Waals surface area contributed by atoms with Crippen LogP contribution in [-0.4, -0.2) is 25.1 Å². The topological polar surface area (TPSA) is 55.8 Å². The molecule has 4 heteroatoms. The second-order valence-corrected chi connectivity index (χ2v) is 6.38. The molecule has 4 nitrogen and oxygen atoms in total. The van der Waals surface area contributed by atoms with Gasteiger partial charge in [0.15, 0.2) is 5.78 Å². The first-order valence-electron chi connectivity index (χ1n) is 7.38. The van der Waals surface area contributed by atoms with Crippen molar-refractivity contribution in [2.75, 3.05) is 14.2 Å². The first-order valence-corrected chi connectivity index (χ1v) is 7.38. The maximum absolute atomic E-state index is 12.8. The van der Waals surface area contributed by atoms with E-state index in [9.17, 15) is 9.90 Å². The lowest BCUT2D eigenvalue weighted by atomic mass is 9.84. The molecule has 0 heterocycles. The number of methoxy groups -OCH3 is 2. The van der Waals surface area contributed by atoms with E-state index in [4.69, 9.17) is 9.47 Å². The summed E-state index contributed by atoms with van der Waals surface area (Å²) in [4.78, 5) is 12.8. The molecule has 0 fully saturated rings. The molecule has 0 amide bonds. The van der Waals surface area contributed by atoms with Gasteiger partial charge in [0.25, 0.3) is 0 Å². The Morgan fingerprint density at radius 3 is 2.04 bits per heavy atom. The molecule has 0 aliphatic rings. The van der Waals surface area contributed by atoms with Gasteiger partial charge in [-0.2, -0.15) is 0 Å². The fourth-order valence-corrected chi connectivity index (χ4v) is 2.43. The van der Waals surface area contributed by atoms with Crippen molar-refractivity contribution in [2.45, 2.75) is 26.2 Å². The Labute approximate surface area is 136 Å². The van der Waals surface area contributed by atoms with Gasteiger partial charge in [0.1, 0.15) is 17.2 Å². The molecule has 0 atom stereocenters. The molecule has 2 rings (SSSR count). The lowest BCUT2D eigenvalue weighted by Crippen LogP contribution is -2.13. The predicted octanol–water partition coefficient (Wildman–Crippen LogP) is 3.94. The van der Waals surface area contributed by atoms with E-state index < -0.39 is 0 Å². The molecule has 0 radical (unpaired) electrons. The van der Waals surface area contributed by atoms with Crippen molar-refractivity contribution in [1.29, 1.82) is 0 Å². The summed E-state index contributed by atoms with van der Waals surface area (Å²) in [6, 6.07) is 10.2. The zero-order chi connectivity index (χ0) is 17.2. The van der Waals surface area contributed by atoms with Gasteiger partial charge in [-0.05, 0) is 29.2 Å². The number of ether oxygens (including phenoxy) is 2. The van der Waals surface area contributed by atoms with Crippen molar-refractivity contribution in [3.63, 3.8) is 0 Å². The maximum Gasteiger partial charge on any atom is 0.197 e. The van der Waals surface area contributed by atoms with Crippen LogP contribution in [-0.2, 0) is 5.41 Å². The van der Waals surface area contributed by atoms with Crippen molar-refractivity contribution < 1.29 is 19.4 Å². The van der Waals surface area contributed by atoms with E-state index in [0.29, 0.717) is 17.1 Å². The van der Waals surface area contributed by atoms with Crippen molar-refractivity contribution in [2.24, 2.45) is 0 Å². The lowest BCUT2D eigenvalue weighted by Gasteiger charge is -2.21. The van der Waals surface area contributed by atoms with E-state index in [2.05, 4.69) is 0 Å². The third-order valence-corrected chi connectivity index (χ3v) is 3.70. The molecule has 0 aliphatic heterocycles. The fraction of sp³-hybridized carbons (Fsp3) is 0.316. The standard InChI is InChI=1S/C19H22O4/c1-19(2,3)16-8-6-7-15(18(16)21)17(20)12-9-13(22-4)11-14(10-12)23-5/h6-11,21H,1-5H3. The molecule has 2 aromatic carbocycles. The molecule has 0 bridgehead atoms. The Morgan fingerprint density at radius 2 is 1.57 bits per heavy atom. The van der Waals surface area contributed by atoms with E-state index in [1.807, 2.05) is 26.8 Å². The molecule has 0 spiro atoms. The number of aromatic hydroxyl groups is 1. The summed E-state index contributed by atoms with van der Waals surface area (Å²) in [6.07, 6.45) is 0. The molecule has 2 aromatic rings. The van der Waals surface area contributed by atoms with Crippen molar-refractivity contribution in [3.8, 4) is 17.2 Å². The van der Waals surface area contributed by atoms with Gasteiger partial charge in [0.05, 0.1) is 19.8 Å². The summed E-state index contributed by atoms with van der Waals surface area (Å²) in [5.41, 5.74) is 1.15. The summed E-state index contributed by atoms with van der Waals surface area (Å²) in [5, 5.41) is 10.5. The highest BCUT2D eigenvalue weighted by Gasteiger charge is 2.23. The third-order valence-electron chi connectivity index (χ3n) is 3.70. The summed E-state index contributed by atoms with van der Waals surface area (Å²) in [6.45, 7) is 5.97. The number of para-hydroxylation sites is 1. The highest BCUT2D eigenvalue weighted by molar-refractivity contribution is 6.11. The van der Waals surface area contributed by atoms with Crippen LogP contribution in [0.1, 0.15) is 42.3 Å². The minimum atomic E-state index is -0.272. The summed E-state index contributed by atoms with van der Waals surface area (Å²) >= 11 is 0. The number of hydrogen-bond acceptors (Lipinski definition) is 4. The van der Waals surface area contributed by atoms with Crippen molar-refractivity contribution in [1.82, 2.24) is 0 Å². The second-order valence-electron chi connectivity index (χ2n) is 6.38. The largest absolute Gasteiger partial charge is 0.507 e. The number of phenols is 1. The predicted molar refractivity (Wildman–Crippen MR) is 89.8 cm³/mol. The molecule has 0 saturated heterocycles. The van der Waals surface area contributed by atoms with Crippen molar-refractivity contribution >= 4 is 5.78 Å². The SMILES string of the molecule is COc1cc(OC)cc(C(=O)c2cccc(C(C)(C)C)c2O)c1. The minimum absolute atomic E-state index is 0.0202. The maximum atomic E-state index is 12.8. The molecule has 23 heavy (non-hydrogen) atoms. The van der Waals surface area contributed by atoms with Crippen molar-refractivity contribution in [3.05, 3.63) is 53.1 Å². The van der Waals surface area contributed by atoms with Crippen LogP contribution >= 0.6 is 0 Å². The van der Waals surface area contributed by atoms with E-state index in [1.165, 1.54) is 14.2 Å². The van der Waals surface area contributed by atoms with Crippen LogP contribution in [0.3, 0.4) is 0 Å². The quantitative estimate of drug-likeness (QED) is 0.869. The first kappa shape index (κ1) is 16.9. The third kappa shape index (κ3) is 3.47. The molecular weight excluding hydrogens is 292 g/mol. The Bertz CT molecular complexity index is 704. The average molecular weight is 314 g/mol.